The Morgan fingerprint density at radius 2 is 1.80 bits per heavy atom. The van der Waals surface area contributed by atoms with Gasteiger partial charge < -0.3 is 9.47 Å². The van der Waals surface area contributed by atoms with E-state index in [4.69, 9.17) is 9.47 Å². The van der Waals surface area contributed by atoms with E-state index in [0.29, 0.717) is 28.7 Å². The number of carbonyl (C=O) groups excluding carboxylic acids is 3. The molecule has 3 unspecified atom stereocenters. The third-order valence-corrected chi connectivity index (χ3v) is 6.04. The van der Waals surface area contributed by atoms with E-state index in [1.807, 2.05) is 0 Å². The molecule has 1 aliphatic carbocycles. The molecule has 2 fully saturated rings. The van der Waals surface area contributed by atoms with Gasteiger partial charge in [-0.2, -0.15) is 0 Å². The third kappa shape index (κ3) is 3.70. The Kier molecular flexibility index (Phi) is 5.57. The molecule has 6 heteroatoms. The third-order valence-electron chi connectivity index (χ3n) is 6.04. The van der Waals surface area contributed by atoms with E-state index in [-0.39, 0.29) is 36.0 Å². The van der Waals surface area contributed by atoms with Crippen molar-refractivity contribution in [2.45, 2.75) is 26.2 Å². The van der Waals surface area contributed by atoms with Gasteiger partial charge in [0.05, 0.1) is 24.6 Å². The van der Waals surface area contributed by atoms with Crippen LogP contribution < -0.4 is 14.4 Å². The second kappa shape index (κ2) is 8.30. The van der Waals surface area contributed by atoms with Crippen molar-refractivity contribution in [3.63, 3.8) is 0 Å². The fourth-order valence-corrected chi connectivity index (χ4v) is 4.41. The van der Waals surface area contributed by atoms with Crippen molar-refractivity contribution < 1.29 is 23.9 Å². The fourth-order valence-electron chi connectivity index (χ4n) is 4.41. The summed E-state index contributed by atoms with van der Waals surface area (Å²) in [5.74, 6) is 0.334. The zero-order chi connectivity index (χ0) is 21.3. The van der Waals surface area contributed by atoms with Crippen molar-refractivity contribution in [1.82, 2.24) is 0 Å². The normalized spacial score (nSPS) is 23.3. The number of anilines is 1. The van der Waals surface area contributed by atoms with Crippen LogP contribution in [0, 0.1) is 17.8 Å². The maximum atomic E-state index is 13.0. The summed E-state index contributed by atoms with van der Waals surface area (Å²) in [7, 11) is 1.54. The zero-order valence-corrected chi connectivity index (χ0v) is 17.2. The van der Waals surface area contributed by atoms with Crippen LogP contribution in [0.2, 0.25) is 0 Å². The summed E-state index contributed by atoms with van der Waals surface area (Å²) in [4.78, 5) is 39.9. The van der Waals surface area contributed by atoms with Crippen molar-refractivity contribution in [2.75, 3.05) is 18.6 Å². The number of imide groups is 1. The molecule has 0 radical (unpaired) electrons. The number of rotatable bonds is 6. The van der Waals surface area contributed by atoms with Crippen molar-refractivity contribution in [2.24, 2.45) is 17.8 Å². The van der Waals surface area contributed by atoms with Crippen LogP contribution in [0.25, 0.3) is 0 Å². The van der Waals surface area contributed by atoms with E-state index in [0.717, 1.165) is 19.3 Å². The lowest BCUT2D eigenvalue weighted by molar-refractivity contribution is -0.122. The van der Waals surface area contributed by atoms with Gasteiger partial charge in [-0.3, -0.25) is 14.4 Å². The van der Waals surface area contributed by atoms with Gasteiger partial charge in [-0.1, -0.05) is 31.2 Å². The first kappa shape index (κ1) is 20.1. The topological polar surface area (TPSA) is 72.9 Å². The number of ether oxygens (including phenoxy) is 2. The van der Waals surface area contributed by atoms with Crippen LogP contribution in [0.4, 0.5) is 5.69 Å². The number of benzene rings is 2. The highest BCUT2D eigenvalue weighted by atomic mass is 16.5. The molecule has 2 aromatic carbocycles. The quantitative estimate of drug-likeness (QED) is 0.537. The average molecular weight is 407 g/mol. The minimum atomic E-state index is -0.257. The number of fused-ring (bicyclic) bond motifs is 1. The minimum Gasteiger partial charge on any atom is -0.497 e. The minimum absolute atomic E-state index is 0.160. The standard InChI is InChI=1S/C24H25NO5/c1-15-10-11-18-19(12-15)24(28)25(23(18)27)20-8-3-4-9-22(20)30-14-21(26)16-6-5-7-17(13-16)29-2/h3-9,13,15,18-19H,10-12,14H2,1-2H3. The molecule has 2 aliphatic rings. The Balaban J connectivity index is 1.54. The lowest BCUT2D eigenvalue weighted by Crippen LogP contribution is -2.31. The van der Waals surface area contributed by atoms with Gasteiger partial charge in [0.15, 0.2) is 12.4 Å². The van der Waals surface area contributed by atoms with E-state index in [9.17, 15) is 14.4 Å². The molecule has 0 bridgehead atoms. The van der Waals surface area contributed by atoms with E-state index in [1.54, 1.807) is 55.6 Å². The molecule has 0 aromatic heterocycles. The average Bonchev–Trinajstić information content (AvgIpc) is 3.01. The summed E-state index contributed by atoms with van der Waals surface area (Å²) in [5, 5.41) is 0. The number of para-hydroxylation sites is 2. The first-order valence-electron chi connectivity index (χ1n) is 10.3. The van der Waals surface area contributed by atoms with E-state index < -0.39 is 0 Å². The van der Waals surface area contributed by atoms with Crippen molar-refractivity contribution in [3.05, 3.63) is 54.1 Å². The molecule has 156 valence electrons. The summed E-state index contributed by atoms with van der Waals surface area (Å²) in [6, 6.07) is 13.7. The Labute approximate surface area is 175 Å². The number of carbonyl (C=O) groups is 3. The Hall–Kier alpha value is -3.15. The summed E-state index contributed by atoms with van der Waals surface area (Å²) < 4.78 is 10.9. The molecule has 1 saturated heterocycles. The van der Waals surface area contributed by atoms with Crippen LogP contribution in [0.15, 0.2) is 48.5 Å². The van der Waals surface area contributed by atoms with Crippen molar-refractivity contribution >= 4 is 23.3 Å². The van der Waals surface area contributed by atoms with Crippen molar-refractivity contribution in [1.29, 1.82) is 0 Å². The van der Waals surface area contributed by atoms with Gasteiger partial charge in [-0.15, -0.1) is 0 Å². The molecule has 1 saturated carbocycles. The van der Waals surface area contributed by atoms with Crippen LogP contribution in [0.3, 0.4) is 0 Å². The fraction of sp³-hybridized carbons (Fsp3) is 0.375. The van der Waals surface area contributed by atoms with Crippen LogP contribution in [0.5, 0.6) is 11.5 Å². The van der Waals surface area contributed by atoms with Gasteiger partial charge >= 0.3 is 0 Å². The van der Waals surface area contributed by atoms with Crippen LogP contribution in [0.1, 0.15) is 36.5 Å². The molecule has 3 atom stereocenters. The summed E-state index contributed by atoms with van der Waals surface area (Å²) in [6.07, 6.45) is 2.44. The second-order valence-electron chi connectivity index (χ2n) is 8.05. The van der Waals surface area contributed by atoms with Crippen molar-refractivity contribution in [3.8, 4) is 11.5 Å². The van der Waals surface area contributed by atoms with Gasteiger partial charge in [0.2, 0.25) is 11.8 Å². The summed E-state index contributed by atoms with van der Waals surface area (Å²) in [6.45, 7) is 1.92. The molecule has 2 aromatic rings. The smallest absolute Gasteiger partial charge is 0.237 e. The Morgan fingerprint density at radius 1 is 1.03 bits per heavy atom. The van der Waals surface area contributed by atoms with E-state index >= 15 is 0 Å². The van der Waals surface area contributed by atoms with Crippen LogP contribution in [-0.4, -0.2) is 31.3 Å². The lowest BCUT2D eigenvalue weighted by Gasteiger charge is -2.25. The van der Waals surface area contributed by atoms with Gasteiger partial charge in [-0.05, 0) is 49.4 Å². The molecule has 30 heavy (non-hydrogen) atoms. The summed E-state index contributed by atoms with van der Waals surface area (Å²) >= 11 is 0. The van der Waals surface area contributed by atoms with Crippen LogP contribution >= 0.6 is 0 Å². The molecular weight excluding hydrogens is 382 g/mol. The van der Waals surface area contributed by atoms with E-state index in [2.05, 4.69) is 6.92 Å². The number of nitrogens with zero attached hydrogens (tertiary/aromatic N) is 1. The molecule has 1 heterocycles. The van der Waals surface area contributed by atoms with Crippen LogP contribution in [-0.2, 0) is 9.59 Å². The van der Waals surface area contributed by atoms with Gasteiger partial charge in [-0.25, -0.2) is 4.90 Å². The number of hydrogen-bond acceptors (Lipinski definition) is 5. The highest BCUT2D eigenvalue weighted by Crippen LogP contribution is 2.44. The molecule has 4 rings (SSSR count). The van der Waals surface area contributed by atoms with E-state index in [1.165, 1.54) is 4.90 Å². The monoisotopic (exact) mass is 407 g/mol. The highest BCUT2D eigenvalue weighted by Gasteiger charge is 2.50. The predicted octanol–water partition coefficient (Wildman–Crippen LogP) is 3.88. The number of amides is 2. The molecule has 0 spiro atoms. The molecule has 6 nitrogen and oxygen atoms in total. The maximum Gasteiger partial charge on any atom is 0.237 e. The number of Topliss-reactive ketones (excluding diaryl/α,β-unsaturated/α-hetero) is 1. The van der Waals surface area contributed by atoms with Gasteiger partial charge in [0.25, 0.3) is 0 Å². The van der Waals surface area contributed by atoms with Gasteiger partial charge in [0, 0.05) is 5.56 Å². The SMILES string of the molecule is COc1cccc(C(=O)COc2ccccc2N2C(=O)C3CCC(C)CC3C2=O)c1. The largest absolute Gasteiger partial charge is 0.497 e. The molecule has 0 N–H and O–H groups in total. The van der Waals surface area contributed by atoms with Gasteiger partial charge in [0.1, 0.15) is 11.5 Å². The predicted molar refractivity (Wildman–Crippen MR) is 112 cm³/mol. The number of ketones is 1. The highest BCUT2D eigenvalue weighted by molar-refractivity contribution is 6.22. The molecule has 1 aliphatic heterocycles. The summed E-state index contributed by atoms with van der Waals surface area (Å²) in [5.41, 5.74) is 0.883. The molecule has 2 amide bonds. The molecular formula is C24H25NO5. The second-order valence-corrected chi connectivity index (χ2v) is 8.05. The first-order valence-corrected chi connectivity index (χ1v) is 10.3. The lowest BCUT2D eigenvalue weighted by atomic mass is 9.76. The number of hydrogen-bond donors (Lipinski definition) is 0. The Morgan fingerprint density at radius 3 is 2.60 bits per heavy atom. The maximum absolute atomic E-state index is 13.0. The first-order chi connectivity index (χ1) is 14.5. The number of methoxy groups -OCH3 is 1. The zero-order valence-electron chi connectivity index (χ0n) is 17.2. The Bertz CT molecular complexity index is 985.